The molecule has 248 valence electrons. The summed E-state index contributed by atoms with van der Waals surface area (Å²) in [5, 5.41) is 0. The van der Waals surface area contributed by atoms with Gasteiger partial charge in [0.15, 0.2) is 0 Å². The number of hydrogen-bond acceptors (Lipinski definition) is 0. The van der Waals surface area contributed by atoms with Gasteiger partial charge in [0, 0.05) is 0 Å². The van der Waals surface area contributed by atoms with Gasteiger partial charge in [-0.25, -0.2) is 24.3 Å². The van der Waals surface area contributed by atoms with E-state index in [0.29, 0.717) is 0 Å². The maximum atomic E-state index is 2.27. The van der Waals surface area contributed by atoms with E-state index in [0.717, 1.165) is 0 Å². The molecule has 0 bridgehead atoms. The molecule has 0 aliphatic heterocycles. The smallest absolute Gasteiger partial charge is 0.0512 e. The minimum Gasteiger partial charge on any atom is -1.00 e. The van der Waals surface area contributed by atoms with Gasteiger partial charge in [0.05, 0.1) is 0 Å². The van der Waals surface area contributed by atoms with Gasteiger partial charge in [-0.3, -0.25) is 0 Å². The number of halogens is 2. The molecule has 0 nitrogen and oxygen atoms in total. The zero-order valence-electron chi connectivity index (χ0n) is 29.0. The Kier molecular flexibility index (Phi) is 24.6. The van der Waals surface area contributed by atoms with Crippen molar-refractivity contribution < 1.29 is 63.2 Å². The molecule has 0 unspecified atom stereocenters. The van der Waals surface area contributed by atoms with Crippen LogP contribution in [0.3, 0.4) is 0 Å². The summed E-state index contributed by atoms with van der Waals surface area (Å²) < 4.78 is 0. The molecule has 4 aliphatic carbocycles. The predicted molar refractivity (Wildman–Crippen MR) is 190 cm³/mol. The molecular formula is C40H56Cl2Si2Ti2-2. The van der Waals surface area contributed by atoms with Gasteiger partial charge in [-0.2, -0.15) is 93.0 Å². The Morgan fingerprint density at radius 2 is 0.565 bits per heavy atom. The summed E-state index contributed by atoms with van der Waals surface area (Å²) in [5.74, 6) is 0. The summed E-state index contributed by atoms with van der Waals surface area (Å²) in [6.07, 6.45) is 22.0. The van der Waals surface area contributed by atoms with E-state index >= 15 is 0 Å². The number of aryl methyl sites for hydroxylation is 8. The molecule has 0 radical (unpaired) electrons. The van der Waals surface area contributed by atoms with Crippen LogP contribution in [0.25, 0.3) is 0 Å². The van der Waals surface area contributed by atoms with Crippen LogP contribution < -0.4 is 24.8 Å². The summed E-state index contributed by atoms with van der Waals surface area (Å²) in [6.45, 7) is 9.07. The predicted octanol–water partition coefficient (Wildman–Crippen LogP) is 4.71. The van der Waals surface area contributed by atoms with E-state index in [-0.39, 0.29) is 37.2 Å². The molecule has 0 fully saturated rings. The molecule has 4 aromatic carbocycles. The van der Waals surface area contributed by atoms with Gasteiger partial charge >= 0.3 is 76.9 Å². The molecule has 0 heterocycles. The topological polar surface area (TPSA) is 0 Å². The van der Waals surface area contributed by atoms with Crippen molar-refractivity contribution in [1.29, 1.82) is 0 Å². The van der Waals surface area contributed by atoms with Crippen molar-refractivity contribution >= 4 is 12.4 Å². The summed E-state index contributed by atoms with van der Waals surface area (Å²) in [4.78, 5) is 0. The molecule has 0 aromatic heterocycles. The van der Waals surface area contributed by atoms with Crippen LogP contribution in [0.5, 0.6) is 0 Å². The van der Waals surface area contributed by atoms with Crippen LogP contribution in [0, 0.1) is 0 Å². The standard InChI is InChI=1S/4C9H11.2C2H6Si.2ClH.2Ti/c4*1-2-5-9-7-3-6-8(9)4-1;2*1-3-2;;;;/h4*3,6-7H,1-2,4-5H2;2*1-2H3;2*1H;;/q4*-1;;;;;2*+2/p-2. The Hall–Kier alpha value is -0.158. The van der Waals surface area contributed by atoms with E-state index in [9.17, 15) is 0 Å². The molecule has 0 N–H and O–H groups in total. The minimum absolute atomic E-state index is 0. The fraction of sp³-hybridized carbons (Fsp3) is 0.500. The normalized spacial score (nSPS) is 14.8. The average Bonchev–Trinajstić information content (AvgIpc) is 3.84. The third-order valence-electron chi connectivity index (χ3n) is 8.60. The Balaban J connectivity index is 0.000000282. The molecule has 6 heteroatoms. The van der Waals surface area contributed by atoms with Crippen molar-refractivity contribution in [2.45, 2.75) is 129 Å². The van der Waals surface area contributed by atoms with Gasteiger partial charge in [-0.1, -0.05) is 103 Å². The van der Waals surface area contributed by atoms with Crippen LogP contribution in [0.2, 0.25) is 26.2 Å². The summed E-state index contributed by atoms with van der Waals surface area (Å²) in [6, 6.07) is 26.8. The molecule has 0 amide bonds. The minimum atomic E-state index is 0. The van der Waals surface area contributed by atoms with Gasteiger partial charge in [-0.05, 0) is 0 Å². The van der Waals surface area contributed by atoms with Gasteiger partial charge in [0.25, 0.3) is 0 Å². The van der Waals surface area contributed by atoms with Gasteiger partial charge < -0.3 is 24.8 Å². The van der Waals surface area contributed by atoms with Crippen molar-refractivity contribution in [3.8, 4) is 0 Å². The van der Waals surface area contributed by atoms with E-state index in [1.165, 1.54) is 103 Å². The van der Waals surface area contributed by atoms with Crippen molar-refractivity contribution in [2.75, 3.05) is 0 Å². The van der Waals surface area contributed by atoms with Crippen molar-refractivity contribution in [3.63, 3.8) is 0 Å². The first-order valence-electron chi connectivity index (χ1n) is 17.3. The molecule has 0 atom stereocenters. The Morgan fingerprint density at radius 3 is 0.739 bits per heavy atom. The van der Waals surface area contributed by atoms with Crippen LogP contribution in [0.15, 0.2) is 72.8 Å². The number of rotatable bonds is 0. The third-order valence-corrected chi connectivity index (χ3v) is 8.60. The Bertz CT molecular complexity index is 1090. The Labute approximate surface area is 319 Å². The third kappa shape index (κ3) is 17.5. The van der Waals surface area contributed by atoms with E-state index in [1.807, 2.05) is 0 Å². The van der Waals surface area contributed by atoms with Gasteiger partial charge in [0.2, 0.25) is 0 Å². The van der Waals surface area contributed by atoms with Crippen molar-refractivity contribution in [2.24, 2.45) is 0 Å². The van der Waals surface area contributed by atoms with E-state index in [1.54, 1.807) is 44.5 Å². The molecule has 0 saturated carbocycles. The fourth-order valence-corrected chi connectivity index (χ4v) is 6.45. The first kappa shape index (κ1) is 43.9. The van der Waals surface area contributed by atoms with Crippen LogP contribution in [0.4, 0.5) is 0 Å². The second-order valence-electron chi connectivity index (χ2n) is 13.1. The molecule has 4 aromatic rings. The first-order chi connectivity index (χ1) is 21.3. The molecule has 4 aliphatic rings. The number of fused-ring (bicyclic) bond motifs is 4. The monoisotopic (exact) mass is 758 g/mol. The fourth-order valence-electron chi connectivity index (χ4n) is 6.45. The SMILES string of the molecule is C[Si](C)=[Ti+2].C[Si](C)=[Ti+2].[Cl-].[Cl-].c1cc2c([cH-]1)CCCC2.c1cc2c([cH-]1)CCCC2.c1cc2c([cH-]1)CCCC2.c1cc2c([cH-]1)CCCC2. The summed E-state index contributed by atoms with van der Waals surface area (Å²) >= 11 is 4.54. The van der Waals surface area contributed by atoms with Crippen LogP contribution in [-0.2, 0) is 89.7 Å². The van der Waals surface area contributed by atoms with Crippen LogP contribution in [0.1, 0.15) is 95.9 Å². The molecule has 0 saturated heterocycles. The molecule has 8 rings (SSSR count). The van der Waals surface area contributed by atoms with Crippen molar-refractivity contribution in [1.82, 2.24) is 0 Å². The number of hydrogen-bond donors (Lipinski definition) is 0. The van der Waals surface area contributed by atoms with Crippen molar-refractivity contribution in [3.05, 3.63) is 117 Å². The summed E-state index contributed by atoms with van der Waals surface area (Å²) in [5.41, 5.74) is 12.8. The molecule has 0 spiro atoms. The van der Waals surface area contributed by atoms with Crippen LogP contribution in [-0.4, -0.2) is 12.4 Å². The second-order valence-corrected chi connectivity index (χ2v) is 26.5. The first-order valence-corrected chi connectivity index (χ1v) is 27.0. The van der Waals surface area contributed by atoms with E-state index in [4.69, 9.17) is 0 Å². The maximum Gasteiger partial charge on any atom is -0.0512 e. The quantitative estimate of drug-likeness (QED) is 0.180. The summed E-state index contributed by atoms with van der Waals surface area (Å²) in [7, 11) is 0. The zero-order chi connectivity index (χ0) is 31.6. The molecule has 46 heavy (non-hydrogen) atoms. The van der Waals surface area contributed by atoms with Crippen LogP contribution >= 0.6 is 0 Å². The van der Waals surface area contributed by atoms with Gasteiger partial charge in [0.1, 0.15) is 0 Å². The second kappa shape index (κ2) is 25.8. The largest absolute Gasteiger partial charge is 1.00 e. The van der Waals surface area contributed by atoms with E-state index < -0.39 is 0 Å². The van der Waals surface area contributed by atoms with E-state index in [2.05, 4.69) is 137 Å². The van der Waals surface area contributed by atoms with Gasteiger partial charge in [-0.15, -0.1) is 0 Å². The average molecular weight is 760 g/mol. The molecular weight excluding hydrogens is 703 g/mol. The zero-order valence-corrected chi connectivity index (χ0v) is 35.6. The Morgan fingerprint density at radius 1 is 0.391 bits per heavy atom. The maximum absolute atomic E-state index is 2.27.